The number of nitrogens with zero attached hydrogens (tertiary/aromatic N) is 1. The summed E-state index contributed by atoms with van der Waals surface area (Å²) in [7, 11) is 0. The minimum Gasteiger partial charge on any atom is -0.392 e. The molecule has 1 aliphatic carbocycles. The lowest BCUT2D eigenvalue weighted by Gasteiger charge is -2.30. The summed E-state index contributed by atoms with van der Waals surface area (Å²) in [6.07, 6.45) is 8.84. The van der Waals surface area contributed by atoms with Crippen molar-refractivity contribution >= 4 is 23.1 Å². The zero-order valence-electron chi connectivity index (χ0n) is 10.2. The van der Waals surface area contributed by atoms with Gasteiger partial charge in [0.1, 0.15) is 0 Å². The maximum Gasteiger partial charge on any atom is 0.255 e. The van der Waals surface area contributed by atoms with Gasteiger partial charge in [-0.1, -0.05) is 31.5 Å². The highest BCUT2D eigenvalue weighted by atomic mass is 32.1. The van der Waals surface area contributed by atoms with Gasteiger partial charge in [0, 0.05) is 6.20 Å². The standard InChI is InChI=1S/C12H18N4OS/c13-11(18)10(8-4-2-1-3-5-8)16-12(17)9-6-14-15-7-9/h6-8,10H,1-5H2,(H2,13,18)(H,14,15)(H,16,17). The number of hydrogen-bond acceptors (Lipinski definition) is 3. The van der Waals surface area contributed by atoms with Gasteiger partial charge in [-0.25, -0.2) is 0 Å². The summed E-state index contributed by atoms with van der Waals surface area (Å²) in [5.74, 6) is 0.194. The fraction of sp³-hybridized carbons (Fsp3) is 0.583. The molecule has 0 bridgehead atoms. The Kier molecular flexibility index (Phi) is 4.30. The summed E-state index contributed by atoms with van der Waals surface area (Å²) >= 11 is 5.09. The molecular weight excluding hydrogens is 248 g/mol. The van der Waals surface area contributed by atoms with Crippen molar-refractivity contribution in [2.75, 3.05) is 0 Å². The van der Waals surface area contributed by atoms with Crippen molar-refractivity contribution in [1.29, 1.82) is 0 Å². The van der Waals surface area contributed by atoms with Crippen molar-refractivity contribution in [1.82, 2.24) is 15.5 Å². The molecule has 1 fully saturated rings. The van der Waals surface area contributed by atoms with Crippen molar-refractivity contribution in [2.24, 2.45) is 11.7 Å². The molecule has 6 heteroatoms. The number of thiocarbonyl (C=S) groups is 1. The molecule has 4 N–H and O–H groups in total. The first kappa shape index (κ1) is 13.0. The fourth-order valence-corrected chi connectivity index (χ4v) is 2.74. The second-order valence-electron chi connectivity index (χ2n) is 4.74. The largest absolute Gasteiger partial charge is 0.392 e. The lowest BCUT2D eigenvalue weighted by Crippen LogP contribution is -2.48. The highest BCUT2D eigenvalue weighted by Gasteiger charge is 2.27. The molecule has 1 amide bonds. The van der Waals surface area contributed by atoms with Crippen LogP contribution in [0.5, 0.6) is 0 Å². The monoisotopic (exact) mass is 266 g/mol. The second kappa shape index (κ2) is 5.95. The van der Waals surface area contributed by atoms with Gasteiger partial charge in [0.05, 0.1) is 22.8 Å². The Balaban J connectivity index is 2.02. The van der Waals surface area contributed by atoms with Crippen LogP contribution in [-0.4, -0.2) is 27.1 Å². The molecule has 1 aromatic heterocycles. The summed E-state index contributed by atoms with van der Waals surface area (Å²) in [5.41, 5.74) is 6.27. The zero-order valence-corrected chi connectivity index (χ0v) is 11.0. The third-order valence-corrected chi connectivity index (χ3v) is 3.73. The normalized spacial score (nSPS) is 18.2. The molecule has 1 unspecified atom stereocenters. The van der Waals surface area contributed by atoms with Gasteiger partial charge in [0.2, 0.25) is 0 Å². The van der Waals surface area contributed by atoms with E-state index in [0.717, 1.165) is 12.8 Å². The molecule has 98 valence electrons. The number of H-pyrrole nitrogens is 1. The highest BCUT2D eigenvalue weighted by Crippen LogP contribution is 2.26. The molecule has 1 heterocycles. The molecule has 5 nitrogen and oxygen atoms in total. The number of amides is 1. The average molecular weight is 266 g/mol. The molecule has 1 aliphatic rings. The van der Waals surface area contributed by atoms with E-state index < -0.39 is 0 Å². The van der Waals surface area contributed by atoms with E-state index in [-0.39, 0.29) is 11.9 Å². The van der Waals surface area contributed by atoms with Crippen LogP contribution in [0.3, 0.4) is 0 Å². The minimum absolute atomic E-state index is 0.174. The Morgan fingerprint density at radius 3 is 2.78 bits per heavy atom. The predicted molar refractivity (Wildman–Crippen MR) is 73.2 cm³/mol. The number of aromatic amines is 1. The van der Waals surface area contributed by atoms with Crippen LogP contribution >= 0.6 is 12.2 Å². The molecule has 18 heavy (non-hydrogen) atoms. The van der Waals surface area contributed by atoms with Gasteiger partial charge >= 0.3 is 0 Å². The summed E-state index contributed by atoms with van der Waals surface area (Å²) in [5, 5.41) is 9.30. The van der Waals surface area contributed by atoms with E-state index >= 15 is 0 Å². The van der Waals surface area contributed by atoms with Crippen LogP contribution in [0.4, 0.5) is 0 Å². The second-order valence-corrected chi connectivity index (χ2v) is 5.21. The number of rotatable bonds is 4. The smallest absolute Gasteiger partial charge is 0.255 e. The van der Waals surface area contributed by atoms with Crippen LogP contribution in [0.1, 0.15) is 42.5 Å². The Bertz CT molecular complexity index is 412. The topological polar surface area (TPSA) is 83.8 Å². The lowest BCUT2D eigenvalue weighted by atomic mass is 9.83. The van der Waals surface area contributed by atoms with Gasteiger partial charge in [0.25, 0.3) is 5.91 Å². The quantitative estimate of drug-likeness (QED) is 0.719. The molecule has 1 aromatic rings. The molecule has 1 saturated carbocycles. The summed E-state index contributed by atoms with van der Waals surface area (Å²) < 4.78 is 0. The number of carbonyl (C=O) groups excluding carboxylic acids is 1. The minimum atomic E-state index is -0.206. The Hall–Kier alpha value is -1.43. The molecule has 2 rings (SSSR count). The van der Waals surface area contributed by atoms with Crippen LogP contribution in [0, 0.1) is 5.92 Å². The van der Waals surface area contributed by atoms with Crippen LogP contribution in [0.2, 0.25) is 0 Å². The average Bonchev–Trinajstić information content (AvgIpc) is 2.90. The lowest BCUT2D eigenvalue weighted by molar-refractivity contribution is 0.0932. The van der Waals surface area contributed by atoms with Gasteiger partial charge in [0.15, 0.2) is 0 Å². The highest BCUT2D eigenvalue weighted by molar-refractivity contribution is 7.80. The van der Waals surface area contributed by atoms with Crippen molar-refractivity contribution in [3.63, 3.8) is 0 Å². The van der Waals surface area contributed by atoms with Crippen molar-refractivity contribution in [3.05, 3.63) is 18.0 Å². The Labute approximate surface area is 112 Å². The molecule has 0 aromatic carbocycles. The first-order valence-electron chi connectivity index (χ1n) is 6.27. The number of hydrogen-bond donors (Lipinski definition) is 3. The van der Waals surface area contributed by atoms with Crippen molar-refractivity contribution < 1.29 is 4.79 Å². The first-order chi connectivity index (χ1) is 8.68. The van der Waals surface area contributed by atoms with E-state index in [2.05, 4.69) is 15.5 Å². The van der Waals surface area contributed by atoms with Crippen LogP contribution < -0.4 is 11.1 Å². The number of nitrogens with one attached hydrogen (secondary N) is 2. The van der Waals surface area contributed by atoms with E-state index in [1.807, 2.05) is 0 Å². The van der Waals surface area contributed by atoms with Gasteiger partial charge in [-0.2, -0.15) is 5.10 Å². The molecule has 0 spiro atoms. The summed E-state index contributed by atoms with van der Waals surface area (Å²) in [6.45, 7) is 0. The van der Waals surface area contributed by atoms with Crippen LogP contribution in [0.25, 0.3) is 0 Å². The molecule has 0 saturated heterocycles. The van der Waals surface area contributed by atoms with Crippen LogP contribution in [0.15, 0.2) is 12.4 Å². The summed E-state index contributed by atoms with van der Waals surface area (Å²) in [4.78, 5) is 12.4. The van der Waals surface area contributed by atoms with E-state index in [9.17, 15) is 4.79 Å². The first-order valence-corrected chi connectivity index (χ1v) is 6.68. The third-order valence-electron chi connectivity index (χ3n) is 3.47. The molecule has 0 radical (unpaired) electrons. The molecule has 1 atom stereocenters. The Morgan fingerprint density at radius 1 is 1.50 bits per heavy atom. The third kappa shape index (κ3) is 3.07. The van der Waals surface area contributed by atoms with E-state index in [0.29, 0.717) is 16.5 Å². The van der Waals surface area contributed by atoms with Gasteiger partial charge in [-0.3, -0.25) is 9.89 Å². The van der Waals surface area contributed by atoms with Crippen molar-refractivity contribution in [2.45, 2.75) is 38.1 Å². The number of nitrogens with two attached hydrogens (primary N) is 1. The van der Waals surface area contributed by atoms with Gasteiger partial charge < -0.3 is 11.1 Å². The van der Waals surface area contributed by atoms with Gasteiger partial charge in [-0.05, 0) is 18.8 Å². The number of aromatic nitrogens is 2. The predicted octanol–water partition coefficient (Wildman–Crippen LogP) is 1.37. The van der Waals surface area contributed by atoms with Crippen LogP contribution in [-0.2, 0) is 0 Å². The van der Waals surface area contributed by atoms with E-state index in [4.69, 9.17) is 18.0 Å². The molecule has 0 aliphatic heterocycles. The summed E-state index contributed by atoms with van der Waals surface area (Å²) in [6, 6.07) is -0.206. The maximum absolute atomic E-state index is 12.0. The van der Waals surface area contributed by atoms with Gasteiger partial charge in [-0.15, -0.1) is 0 Å². The number of carbonyl (C=O) groups is 1. The van der Waals surface area contributed by atoms with E-state index in [1.165, 1.54) is 25.5 Å². The maximum atomic E-state index is 12.0. The Morgan fingerprint density at radius 2 is 2.22 bits per heavy atom. The SMILES string of the molecule is NC(=S)C(NC(=O)c1cn[nH]c1)C1CCCCC1. The fourth-order valence-electron chi connectivity index (χ4n) is 2.49. The van der Waals surface area contributed by atoms with E-state index in [1.54, 1.807) is 6.20 Å². The zero-order chi connectivity index (χ0) is 13.0. The molecular formula is C12H18N4OS. The van der Waals surface area contributed by atoms with Crippen molar-refractivity contribution in [3.8, 4) is 0 Å².